The SMILES string of the molecule is CC1(C)CN(C(=O)c2ccsc2NC(=O)c2ccc3c(c2)CCC3)CCN1CCO. The fourth-order valence-electron chi connectivity index (χ4n) is 4.53. The molecule has 30 heavy (non-hydrogen) atoms. The number of benzene rings is 1. The quantitative estimate of drug-likeness (QED) is 0.769. The Morgan fingerprint density at radius 3 is 2.73 bits per heavy atom. The maximum atomic E-state index is 13.2. The molecule has 0 spiro atoms. The number of carbonyl (C=O) groups is 2. The van der Waals surface area contributed by atoms with Crippen molar-refractivity contribution in [2.75, 3.05) is 38.1 Å². The van der Waals surface area contributed by atoms with Crippen molar-refractivity contribution >= 4 is 28.2 Å². The highest BCUT2D eigenvalue weighted by Gasteiger charge is 2.36. The van der Waals surface area contributed by atoms with E-state index in [4.69, 9.17) is 0 Å². The van der Waals surface area contributed by atoms with E-state index < -0.39 is 0 Å². The molecule has 0 atom stereocenters. The number of rotatable bonds is 5. The number of β-amino-alcohol motifs (C(OH)–C–C–N with tert-alkyl or cyclic N) is 1. The normalized spacial score (nSPS) is 18.3. The zero-order valence-corrected chi connectivity index (χ0v) is 18.4. The topological polar surface area (TPSA) is 72.9 Å². The van der Waals surface area contributed by atoms with Gasteiger partial charge in [-0.05, 0) is 67.8 Å². The molecule has 6 nitrogen and oxygen atoms in total. The lowest BCUT2D eigenvalue weighted by molar-refractivity contribution is 0.0108. The number of aliphatic hydroxyl groups is 1. The molecule has 4 rings (SSSR count). The molecule has 1 aliphatic carbocycles. The Balaban J connectivity index is 1.47. The third-order valence-electron chi connectivity index (χ3n) is 6.21. The average Bonchev–Trinajstić information content (AvgIpc) is 3.37. The summed E-state index contributed by atoms with van der Waals surface area (Å²) in [4.78, 5) is 30.1. The second-order valence-electron chi connectivity index (χ2n) is 8.70. The van der Waals surface area contributed by atoms with E-state index >= 15 is 0 Å². The van der Waals surface area contributed by atoms with E-state index in [-0.39, 0.29) is 24.0 Å². The van der Waals surface area contributed by atoms with Crippen molar-refractivity contribution < 1.29 is 14.7 Å². The number of nitrogens with zero attached hydrogens (tertiary/aromatic N) is 2. The molecule has 1 aliphatic heterocycles. The highest BCUT2D eigenvalue weighted by atomic mass is 32.1. The van der Waals surface area contributed by atoms with Crippen molar-refractivity contribution in [2.24, 2.45) is 0 Å². The van der Waals surface area contributed by atoms with Crippen LogP contribution < -0.4 is 5.32 Å². The number of aryl methyl sites for hydroxylation is 2. The Kier molecular flexibility index (Phi) is 5.95. The number of nitrogens with one attached hydrogen (secondary N) is 1. The van der Waals surface area contributed by atoms with Crippen molar-refractivity contribution in [1.82, 2.24) is 9.80 Å². The van der Waals surface area contributed by atoms with Crippen LogP contribution in [0, 0.1) is 0 Å². The third-order valence-corrected chi connectivity index (χ3v) is 7.04. The molecule has 1 fully saturated rings. The largest absolute Gasteiger partial charge is 0.395 e. The van der Waals surface area contributed by atoms with Gasteiger partial charge < -0.3 is 15.3 Å². The molecular formula is C23H29N3O3S. The van der Waals surface area contributed by atoms with Crippen LogP contribution in [0.4, 0.5) is 5.00 Å². The lowest BCUT2D eigenvalue weighted by atomic mass is 9.98. The first-order valence-corrected chi connectivity index (χ1v) is 11.4. The molecule has 2 heterocycles. The number of hydrogen-bond donors (Lipinski definition) is 2. The van der Waals surface area contributed by atoms with E-state index in [9.17, 15) is 14.7 Å². The van der Waals surface area contributed by atoms with Crippen molar-refractivity contribution in [3.05, 3.63) is 51.9 Å². The lowest BCUT2D eigenvalue weighted by Gasteiger charge is -2.47. The van der Waals surface area contributed by atoms with E-state index in [2.05, 4.69) is 24.1 Å². The number of carbonyl (C=O) groups excluding carboxylic acids is 2. The van der Waals surface area contributed by atoms with Gasteiger partial charge in [0.15, 0.2) is 0 Å². The molecule has 160 valence electrons. The Bertz CT molecular complexity index is 953. The number of fused-ring (bicyclic) bond motifs is 1. The summed E-state index contributed by atoms with van der Waals surface area (Å²) in [5.74, 6) is -0.230. The predicted octanol–water partition coefficient (Wildman–Crippen LogP) is 3.02. The lowest BCUT2D eigenvalue weighted by Crippen LogP contribution is -2.60. The van der Waals surface area contributed by atoms with E-state index in [0.717, 1.165) is 25.8 Å². The summed E-state index contributed by atoms with van der Waals surface area (Å²) in [5.41, 5.74) is 3.57. The number of piperazine rings is 1. The van der Waals surface area contributed by atoms with Crippen LogP contribution in [0.1, 0.15) is 52.1 Å². The minimum absolute atomic E-state index is 0.0581. The Hall–Kier alpha value is -2.22. The van der Waals surface area contributed by atoms with Gasteiger partial charge in [0.2, 0.25) is 0 Å². The van der Waals surface area contributed by atoms with Crippen LogP contribution in [0.2, 0.25) is 0 Å². The molecule has 1 aromatic heterocycles. The monoisotopic (exact) mass is 427 g/mol. The van der Waals surface area contributed by atoms with Crippen LogP contribution in [0.3, 0.4) is 0 Å². The molecule has 0 unspecified atom stereocenters. The highest BCUT2D eigenvalue weighted by Crippen LogP contribution is 2.29. The van der Waals surface area contributed by atoms with Gasteiger partial charge in [0.25, 0.3) is 11.8 Å². The van der Waals surface area contributed by atoms with E-state index in [1.807, 2.05) is 28.5 Å². The summed E-state index contributed by atoms with van der Waals surface area (Å²) >= 11 is 1.38. The second kappa shape index (κ2) is 8.49. The average molecular weight is 428 g/mol. The fraction of sp³-hybridized carbons (Fsp3) is 0.478. The maximum absolute atomic E-state index is 13.2. The van der Waals surface area contributed by atoms with Gasteiger partial charge in [0.1, 0.15) is 5.00 Å². The van der Waals surface area contributed by atoms with Crippen LogP contribution in [-0.4, -0.2) is 65.0 Å². The first-order chi connectivity index (χ1) is 14.4. The zero-order chi connectivity index (χ0) is 21.3. The van der Waals surface area contributed by atoms with Crippen LogP contribution in [0.15, 0.2) is 29.6 Å². The summed E-state index contributed by atoms with van der Waals surface area (Å²) in [7, 11) is 0. The van der Waals surface area contributed by atoms with Crippen LogP contribution in [-0.2, 0) is 12.8 Å². The molecule has 0 radical (unpaired) electrons. The zero-order valence-electron chi connectivity index (χ0n) is 17.6. The molecule has 2 aromatic rings. The summed E-state index contributed by atoms with van der Waals surface area (Å²) in [6.07, 6.45) is 3.26. The first kappa shape index (κ1) is 21.0. The molecule has 2 N–H and O–H groups in total. The van der Waals surface area contributed by atoms with Gasteiger partial charge in [-0.3, -0.25) is 14.5 Å². The number of thiophene rings is 1. The van der Waals surface area contributed by atoms with Gasteiger partial charge in [-0.25, -0.2) is 0 Å². The standard InChI is InChI=1S/C23H29N3O3S/c1-23(2)15-25(9-10-26(23)11-12-27)22(29)19-8-13-30-21(19)24-20(28)18-7-6-16-4-3-5-17(16)14-18/h6-8,13-14,27H,3-5,9-12,15H2,1-2H3,(H,24,28). The third kappa shape index (κ3) is 4.15. The Morgan fingerprint density at radius 2 is 1.97 bits per heavy atom. The van der Waals surface area contributed by atoms with Gasteiger partial charge in [-0.1, -0.05) is 6.07 Å². The minimum Gasteiger partial charge on any atom is -0.395 e. The van der Waals surface area contributed by atoms with Gasteiger partial charge >= 0.3 is 0 Å². The van der Waals surface area contributed by atoms with Gasteiger partial charge in [-0.15, -0.1) is 11.3 Å². The van der Waals surface area contributed by atoms with Crippen LogP contribution in [0.5, 0.6) is 0 Å². The van der Waals surface area contributed by atoms with E-state index in [1.165, 1.54) is 22.5 Å². The number of anilines is 1. The summed E-state index contributed by atoms with van der Waals surface area (Å²) in [6, 6.07) is 7.69. The number of amides is 2. The Morgan fingerprint density at radius 1 is 1.17 bits per heavy atom. The summed E-state index contributed by atoms with van der Waals surface area (Å²) in [5, 5.41) is 14.7. The maximum Gasteiger partial charge on any atom is 0.256 e. The minimum atomic E-state index is -0.208. The molecule has 0 bridgehead atoms. The molecule has 0 saturated carbocycles. The first-order valence-electron chi connectivity index (χ1n) is 10.5. The molecular weight excluding hydrogens is 398 g/mol. The number of aliphatic hydroxyl groups excluding tert-OH is 1. The van der Waals surface area contributed by atoms with E-state index in [1.54, 1.807) is 6.07 Å². The molecule has 2 aliphatic rings. The Labute approximate surface area is 181 Å². The molecule has 7 heteroatoms. The van der Waals surface area contributed by atoms with Crippen LogP contribution in [0.25, 0.3) is 0 Å². The van der Waals surface area contributed by atoms with Gasteiger partial charge in [0.05, 0.1) is 12.2 Å². The smallest absolute Gasteiger partial charge is 0.256 e. The van der Waals surface area contributed by atoms with E-state index in [0.29, 0.717) is 35.8 Å². The summed E-state index contributed by atoms with van der Waals surface area (Å²) in [6.45, 7) is 6.81. The molecule has 1 saturated heterocycles. The predicted molar refractivity (Wildman–Crippen MR) is 119 cm³/mol. The number of hydrogen-bond acceptors (Lipinski definition) is 5. The van der Waals surface area contributed by atoms with Crippen molar-refractivity contribution in [2.45, 2.75) is 38.6 Å². The molecule has 1 aromatic carbocycles. The van der Waals surface area contributed by atoms with Crippen molar-refractivity contribution in [3.63, 3.8) is 0 Å². The summed E-state index contributed by atoms with van der Waals surface area (Å²) < 4.78 is 0. The highest BCUT2D eigenvalue weighted by molar-refractivity contribution is 7.14. The molecule has 2 amide bonds. The van der Waals surface area contributed by atoms with Crippen molar-refractivity contribution in [3.8, 4) is 0 Å². The van der Waals surface area contributed by atoms with Crippen molar-refractivity contribution in [1.29, 1.82) is 0 Å². The van der Waals surface area contributed by atoms with Gasteiger partial charge in [0, 0.05) is 37.3 Å². The van der Waals surface area contributed by atoms with Gasteiger partial charge in [-0.2, -0.15) is 0 Å². The second-order valence-corrected chi connectivity index (χ2v) is 9.62. The fourth-order valence-corrected chi connectivity index (χ4v) is 5.31. The van der Waals surface area contributed by atoms with Crippen LogP contribution >= 0.6 is 11.3 Å².